The fourth-order valence-electron chi connectivity index (χ4n) is 4.73. The number of benzene rings is 1. The lowest BCUT2D eigenvalue weighted by atomic mass is 9.92. The summed E-state index contributed by atoms with van der Waals surface area (Å²) in [7, 11) is 0. The number of aromatic nitrogens is 5. The average Bonchev–Trinajstić information content (AvgIpc) is 3.43. The maximum absolute atomic E-state index is 13.1. The quantitative estimate of drug-likeness (QED) is 0.472. The predicted octanol–water partition coefficient (Wildman–Crippen LogP) is 4.67. The molecule has 0 spiro atoms. The smallest absolute Gasteiger partial charge is 0.416 e. The van der Waals surface area contributed by atoms with Crippen LogP contribution in [0, 0.1) is 18.8 Å². The summed E-state index contributed by atoms with van der Waals surface area (Å²) < 4.78 is 89.0. The number of rotatable bonds is 6. The highest BCUT2D eigenvalue weighted by atomic mass is 19.4. The van der Waals surface area contributed by atoms with Crippen LogP contribution in [0.3, 0.4) is 0 Å². The molecular formula is C21H21F6N7O2. The Labute approximate surface area is 200 Å². The Bertz CT molecular complexity index is 1190. The second-order valence-corrected chi connectivity index (χ2v) is 8.91. The molecule has 0 radical (unpaired) electrons. The van der Waals surface area contributed by atoms with Crippen molar-refractivity contribution in [2.45, 2.75) is 44.7 Å². The van der Waals surface area contributed by atoms with Gasteiger partial charge < -0.3 is 19.5 Å². The zero-order valence-corrected chi connectivity index (χ0v) is 18.8. The summed E-state index contributed by atoms with van der Waals surface area (Å²) in [6.07, 6.45) is -7.38. The van der Waals surface area contributed by atoms with Gasteiger partial charge in [0.15, 0.2) is 5.82 Å². The number of fused-ring (bicyclic) bond motifs is 2. The van der Waals surface area contributed by atoms with Gasteiger partial charge in [0.1, 0.15) is 12.3 Å². The predicted molar refractivity (Wildman–Crippen MR) is 112 cm³/mol. The maximum Gasteiger partial charge on any atom is 0.416 e. The third kappa shape index (κ3) is 5.18. The Hall–Kier alpha value is -3.52. The maximum atomic E-state index is 13.1. The van der Waals surface area contributed by atoms with Crippen molar-refractivity contribution in [2.75, 3.05) is 23.3 Å². The van der Waals surface area contributed by atoms with E-state index in [-0.39, 0.29) is 29.6 Å². The average molecular weight is 517 g/mol. The Morgan fingerprint density at radius 2 is 1.69 bits per heavy atom. The first kappa shape index (κ1) is 24.2. The van der Waals surface area contributed by atoms with Crippen molar-refractivity contribution in [3.63, 3.8) is 0 Å². The van der Waals surface area contributed by atoms with E-state index in [1.165, 1.54) is 0 Å². The fraction of sp³-hybridized carbons (Fsp3) is 0.524. The molecule has 1 N–H and O–H groups in total. The first-order valence-electron chi connectivity index (χ1n) is 11.1. The highest BCUT2D eigenvalue weighted by molar-refractivity contribution is 5.36. The molecule has 1 aliphatic carbocycles. The number of hydrogen-bond donors (Lipinski definition) is 1. The molecule has 2 aromatic heterocycles. The summed E-state index contributed by atoms with van der Waals surface area (Å²) in [5.41, 5.74) is -0.911. The van der Waals surface area contributed by atoms with E-state index < -0.39 is 30.5 Å². The Morgan fingerprint density at radius 1 is 1.03 bits per heavy atom. The monoisotopic (exact) mass is 517 g/mol. The minimum Gasteiger partial charge on any atom is -0.424 e. The Kier molecular flexibility index (Phi) is 5.95. The van der Waals surface area contributed by atoms with E-state index in [1.807, 2.05) is 4.90 Å². The standard InChI is InChI=1S/C21H21F6N7O2/c1-11-28-18(36-32-11)33-8-12-2-3-13(9-33)16(12)29-17-30-19(34(31-17)10-20(22,23)24)35-15-6-4-14(5-7-15)21(25,26)27/h4-7,12-13,16H,2-3,8-10H2,1H3,(H,29,31)/t12-,13+,16?. The van der Waals surface area contributed by atoms with Gasteiger partial charge >= 0.3 is 24.4 Å². The number of piperidine rings is 1. The van der Waals surface area contributed by atoms with Gasteiger partial charge in [-0.25, -0.2) is 4.68 Å². The van der Waals surface area contributed by atoms with Crippen molar-refractivity contribution in [3.8, 4) is 11.8 Å². The molecule has 194 valence electrons. The van der Waals surface area contributed by atoms with Crippen LogP contribution in [0.15, 0.2) is 28.8 Å². The summed E-state index contributed by atoms with van der Waals surface area (Å²) in [4.78, 5) is 10.3. The van der Waals surface area contributed by atoms with Crippen LogP contribution >= 0.6 is 0 Å². The van der Waals surface area contributed by atoms with Gasteiger partial charge in [0, 0.05) is 19.1 Å². The van der Waals surface area contributed by atoms with Crippen molar-refractivity contribution in [1.82, 2.24) is 24.9 Å². The van der Waals surface area contributed by atoms with Gasteiger partial charge in [-0.15, -0.1) is 5.10 Å². The molecule has 2 fully saturated rings. The molecule has 36 heavy (non-hydrogen) atoms. The number of ether oxygens (including phenoxy) is 1. The minimum atomic E-state index is -4.62. The van der Waals surface area contributed by atoms with Crippen LogP contribution in [0.25, 0.3) is 0 Å². The van der Waals surface area contributed by atoms with E-state index in [2.05, 4.69) is 25.5 Å². The Balaban J connectivity index is 1.33. The lowest BCUT2D eigenvalue weighted by molar-refractivity contribution is -0.143. The molecule has 1 saturated carbocycles. The highest BCUT2D eigenvalue weighted by Crippen LogP contribution is 2.40. The number of halogens is 6. The van der Waals surface area contributed by atoms with Gasteiger partial charge in [-0.3, -0.25) is 0 Å². The lowest BCUT2D eigenvalue weighted by Crippen LogP contribution is -2.48. The van der Waals surface area contributed by atoms with Crippen LogP contribution in [0.2, 0.25) is 0 Å². The van der Waals surface area contributed by atoms with Gasteiger partial charge in [-0.05, 0) is 55.9 Å². The zero-order chi connectivity index (χ0) is 25.7. The minimum absolute atomic E-state index is 0.0508. The number of nitrogens with zero attached hydrogens (tertiary/aromatic N) is 6. The van der Waals surface area contributed by atoms with Crippen LogP contribution in [-0.4, -0.2) is 50.2 Å². The molecule has 9 nitrogen and oxygen atoms in total. The van der Waals surface area contributed by atoms with E-state index in [0.717, 1.165) is 37.1 Å². The van der Waals surface area contributed by atoms with E-state index in [4.69, 9.17) is 9.26 Å². The third-order valence-corrected chi connectivity index (χ3v) is 6.27. The SMILES string of the molecule is Cc1noc(N2C[C@H]3CC[C@@H](C2)C3Nc2nc(Oc3ccc(C(F)(F)F)cc3)n(CC(F)(F)F)n2)n1. The molecule has 1 unspecified atom stereocenters. The van der Waals surface area contributed by atoms with E-state index >= 15 is 0 Å². The molecule has 2 bridgehead atoms. The molecule has 0 amide bonds. The van der Waals surface area contributed by atoms with Gasteiger partial charge in [-0.2, -0.15) is 36.3 Å². The molecule has 2 aliphatic rings. The highest BCUT2D eigenvalue weighted by Gasteiger charge is 2.44. The van der Waals surface area contributed by atoms with E-state index in [9.17, 15) is 26.3 Å². The number of nitrogens with one attached hydrogen (secondary N) is 1. The summed E-state index contributed by atoms with van der Waals surface area (Å²) in [6, 6.07) is 3.43. The second-order valence-electron chi connectivity index (χ2n) is 8.91. The molecule has 3 atom stereocenters. The number of alkyl halides is 6. The fourth-order valence-corrected chi connectivity index (χ4v) is 4.73. The first-order chi connectivity index (χ1) is 16.9. The molecular weight excluding hydrogens is 496 g/mol. The molecule has 1 saturated heterocycles. The molecule has 3 heterocycles. The van der Waals surface area contributed by atoms with Crippen molar-refractivity contribution in [1.29, 1.82) is 0 Å². The summed E-state index contributed by atoms with van der Waals surface area (Å²) in [5, 5.41) is 10.9. The second kappa shape index (κ2) is 8.85. The summed E-state index contributed by atoms with van der Waals surface area (Å²) >= 11 is 0. The van der Waals surface area contributed by atoms with Crippen LogP contribution in [0.4, 0.5) is 38.3 Å². The van der Waals surface area contributed by atoms with Gasteiger partial charge in [0.25, 0.3) is 0 Å². The van der Waals surface area contributed by atoms with Crippen molar-refractivity contribution < 1.29 is 35.6 Å². The van der Waals surface area contributed by atoms with E-state index in [1.54, 1.807) is 6.92 Å². The Morgan fingerprint density at radius 3 is 2.25 bits per heavy atom. The van der Waals surface area contributed by atoms with Crippen LogP contribution in [-0.2, 0) is 12.7 Å². The molecule has 3 aromatic rings. The van der Waals surface area contributed by atoms with E-state index in [0.29, 0.717) is 29.6 Å². The lowest BCUT2D eigenvalue weighted by Gasteiger charge is -2.37. The van der Waals surface area contributed by atoms with Gasteiger partial charge in [0.2, 0.25) is 5.95 Å². The van der Waals surface area contributed by atoms with Crippen molar-refractivity contribution in [3.05, 3.63) is 35.7 Å². The van der Waals surface area contributed by atoms with Gasteiger partial charge in [-0.1, -0.05) is 5.16 Å². The summed E-state index contributed by atoms with van der Waals surface area (Å²) in [6.45, 7) is 1.49. The zero-order valence-electron chi connectivity index (χ0n) is 18.8. The number of aryl methyl sites for hydroxylation is 1. The third-order valence-electron chi connectivity index (χ3n) is 6.27. The molecule has 15 heteroatoms. The topological polar surface area (TPSA) is 94.1 Å². The van der Waals surface area contributed by atoms with Crippen LogP contribution in [0.1, 0.15) is 24.2 Å². The normalized spacial score (nSPS) is 22.2. The molecule has 5 rings (SSSR count). The first-order valence-corrected chi connectivity index (χ1v) is 11.1. The van der Waals surface area contributed by atoms with Gasteiger partial charge in [0.05, 0.1) is 5.56 Å². The largest absolute Gasteiger partial charge is 0.424 e. The molecule has 1 aromatic carbocycles. The van der Waals surface area contributed by atoms with Crippen molar-refractivity contribution in [2.24, 2.45) is 11.8 Å². The molecule has 1 aliphatic heterocycles. The number of hydrogen-bond acceptors (Lipinski definition) is 8. The van der Waals surface area contributed by atoms with Crippen molar-refractivity contribution >= 4 is 12.0 Å². The van der Waals surface area contributed by atoms with Crippen LogP contribution < -0.4 is 15.0 Å². The van der Waals surface area contributed by atoms with Crippen LogP contribution in [0.5, 0.6) is 11.8 Å². The number of anilines is 2. The summed E-state index contributed by atoms with van der Waals surface area (Å²) in [5.74, 6) is 0.658.